The van der Waals surface area contributed by atoms with Gasteiger partial charge in [0.15, 0.2) is 5.57 Å². The van der Waals surface area contributed by atoms with Gasteiger partial charge in [-0.15, -0.1) is 17.9 Å². The van der Waals surface area contributed by atoms with Crippen molar-refractivity contribution in [2.24, 2.45) is 0 Å². The number of nitriles is 1. The number of halogens is 1. The van der Waals surface area contributed by atoms with E-state index < -0.39 is 23.3 Å². The summed E-state index contributed by atoms with van der Waals surface area (Å²) in [6, 6.07) is 13.8. The zero-order valence-electron chi connectivity index (χ0n) is 18.2. The standard InChI is InChI=1S/C25H20FN3O4S/c1-3-13-29-23(31)21(14-17-7-5-6-8-20(17)26)34-24(29)19(15-27)22(30)28-18-11-9-16(10-12-18)25(32)33-4-2/h3,5-12,14H,1,4,13H2,2H3,(H,28,30)/b21-14-,24-19-. The molecule has 0 aliphatic heterocycles. The summed E-state index contributed by atoms with van der Waals surface area (Å²) in [6.07, 6.45) is 2.85. The molecule has 3 rings (SSSR count). The monoisotopic (exact) mass is 477 g/mol. The molecule has 0 aliphatic rings. The smallest absolute Gasteiger partial charge is 0.338 e. The molecule has 0 saturated heterocycles. The number of carbonyl (C=O) groups excluding carboxylic acids is 2. The maximum absolute atomic E-state index is 14.1. The Kier molecular flexibility index (Phi) is 7.90. The zero-order valence-corrected chi connectivity index (χ0v) is 19.0. The van der Waals surface area contributed by atoms with Crippen LogP contribution >= 0.6 is 11.3 Å². The van der Waals surface area contributed by atoms with Gasteiger partial charge in [-0.25, -0.2) is 9.18 Å². The molecule has 0 unspecified atom stereocenters. The van der Waals surface area contributed by atoms with Gasteiger partial charge in [-0.05, 0) is 43.3 Å². The summed E-state index contributed by atoms with van der Waals surface area (Å²) in [4.78, 5) is 37.6. The van der Waals surface area contributed by atoms with Crippen LogP contribution in [0, 0.1) is 17.1 Å². The molecule has 0 atom stereocenters. The van der Waals surface area contributed by atoms with Crippen molar-refractivity contribution < 1.29 is 18.7 Å². The molecule has 0 aliphatic carbocycles. The lowest BCUT2D eigenvalue weighted by atomic mass is 10.2. The Morgan fingerprint density at radius 1 is 1.24 bits per heavy atom. The van der Waals surface area contributed by atoms with E-state index >= 15 is 0 Å². The number of nitrogens with zero attached hydrogens (tertiary/aromatic N) is 2. The van der Waals surface area contributed by atoms with Gasteiger partial charge in [-0.2, -0.15) is 5.26 Å². The maximum atomic E-state index is 14.1. The number of esters is 1. The quantitative estimate of drug-likeness (QED) is 0.416. The molecule has 9 heteroatoms. The Morgan fingerprint density at radius 2 is 1.94 bits per heavy atom. The molecule has 1 amide bonds. The first-order valence-corrected chi connectivity index (χ1v) is 11.0. The predicted octanol–water partition coefficient (Wildman–Crippen LogP) is 2.55. The van der Waals surface area contributed by atoms with Crippen LogP contribution in [0.25, 0.3) is 11.6 Å². The van der Waals surface area contributed by atoms with Crippen molar-refractivity contribution in [1.82, 2.24) is 4.57 Å². The van der Waals surface area contributed by atoms with E-state index in [0.717, 1.165) is 11.3 Å². The first kappa shape index (κ1) is 24.4. The zero-order chi connectivity index (χ0) is 24.7. The first-order valence-electron chi connectivity index (χ1n) is 10.2. The van der Waals surface area contributed by atoms with E-state index in [1.54, 1.807) is 13.0 Å². The molecule has 3 aromatic rings. The van der Waals surface area contributed by atoms with Crippen molar-refractivity contribution in [3.05, 3.63) is 97.7 Å². The van der Waals surface area contributed by atoms with Crippen LogP contribution in [0.15, 0.2) is 66.0 Å². The van der Waals surface area contributed by atoms with Gasteiger partial charge >= 0.3 is 5.97 Å². The second kappa shape index (κ2) is 11.0. The van der Waals surface area contributed by atoms with E-state index in [9.17, 15) is 24.0 Å². The van der Waals surface area contributed by atoms with Gasteiger partial charge in [0.05, 0.1) is 16.7 Å². The van der Waals surface area contributed by atoms with Crippen LogP contribution in [0.4, 0.5) is 10.1 Å². The molecule has 0 saturated carbocycles. The number of anilines is 1. The fourth-order valence-corrected chi connectivity index (χ4v) is 4.13. The summed E-state index contributed by atoms with van der Waals surface area (Å²) in [7, 11) is 0. The van der Waals surface area contributed by atoms with Gasteiger partial charge in [0.25, 0.3) is 11.5 Å². The Morgan fingerprint density at radius 3 is 2.56 bits per heavy atom. The fraction of sp³-hybridized carbons (Fsp3) is 0.120. The van der Waals surface area contributed by atoms with E-state index in [2.05, 4.69) is 11.9 Å². The number of carbonyl (C=O) groups is 2. The Labute approximate surface area is 198 Å². The van der Waals surface area contributed by atoms with E-state index in [-0.39, 0.29) is 33.5 Å². The first-order chi connectivity index (χ1) is 16.4. The van der Waals surface area contributed by atoms with Crippen molar-refractivity contribution >= 4 is 40.5 Å². The lowest BCUT2D eigenvalue weighted by Crippen LogP contribution is -2.33. The van der Waals surface area contributed by atoms with Gasteiger partial charge in [0.1, 0.15) is 16.5 Å². The molecule has 34 heavy (non-hydrogen) atoms. The van der Waals surface area contributed by atoms with E-state index in [4.69, 9.17) is 4.74 Å². The predicted molar refractivity (Wildman–Crippen MR) is 128 cm³/mol. The Hall–Kier alpha value is -4.29. The van der Waals surface area contributed by atoms with Crippen LogP contribution in [0.3, 0.4) is 0 Å². The average molecular weight is 478 g/mol. The summed E-state index contributed by atoms with van der Waals surface area (Å²) in [5, 5.41) is 12.3. The van der Waals surface area contributed by atoms with Gasteiger partial charge in [-0.3, -0.25) is 14.2 Å². The topological polar surface area (TPSA) is 101 Å². The normalized spacial score (nSPS) is 12.0. The molecule has 1 N–H and O–H groups in total. The summed E-state index contributed by atoms with van der Waals surface area (Å²) in [6.45, 7) is 5.61. The molecule has 7 nitrogen and oxygen atoms in total. The highest BCUT2D eigenvalue weighted by molar-refractivity contribution is 7.07. The highest BCUT2D eigenvalue weighted by atomic mass is 32.1. The minimum absolute atomic E-state index is 0.0580. The number of hydrogen-bond acceptors (Lipinski definition) is 6. The number of hydrogen-bond donors (Lipinski definition) is 1. The lowest BCUT2D eigenvalue weighted by molar-refractivity contribution is -0.111. The van der Waals surface area contributed by atoms with Crippen LogP contribution in [-0.4, -0.2) is 23.1 Å². The maximum Gasteiger partial charge on any atom is 0.338 e. The van der Waals surface area contributed by atoms with Gasteiger partial charge in [-0.1, -0.05) is 24.3 Å². The molecule has 2 aromatic carbocycles. The third kappa shape index (κ3) is 5.36. The van der Waals surface area contributed by atoms with E-state index in [0.29, 0.717) is 11.3 Å². The number of thiazole rings is 1. The van der Waals surface area contributed by atoms with E-state index in [1.807, 2.05) is 6.07 Å². The Bertz CT molecular complexity index is 1460. The molecule has 1 aromatic heterocycles. The van der Waals surface area contributed by atoms with Gasteiger partial charge in [0.2, 0.25) is 0 Å². The lowest BCUT2D eigenvalue weighted by Gasteiger charge is -2.06. The van der Waals surface area contributed by atoms with E-state index in [1.165, 1.54) is 59.2 Å². The molecule has 172 valence electrons. The summed E-state index contributed by atoms with van der Waals surface area (Å²) in [5.74, 6) is -1.72. The van der Waals surface area contributed by atoms with Crippen LogP contribution in [0.1, 0.15) is 22.8 Å². The number of ether oxygens (including phenoxy) is 1. The molecule has 0 bridgehead atoms. The number of benzene rings is 2. The SMILES string of the molecule is C=CCn1c(=O)/c(=C/c2ccccc2F)s/c1=C(/C#N)C(=O)Nc1ccc(C(=O)OCC)cc1. The Balaban J connectivity index is 2.05. The third-order valence-electron chi connectivity index (χ3n) is 4.62. The number of aromatic nitrogens is 1. The van der Waals surface area contributed by atoms with Crippen LogP contribution in [0.5, 0.6) is 0 Å². The molecule has 0 radical (unpaired) electrons. The fourth-order valence-electron chi connectivity index (χ4n) is 3.03. The van der Waals surface area contributed by atoms with Crippen molar-refractivity contribution in [3.63, 3.8) is 0 Å². The molecule has 0 fully saturated rings. The number of allylic oxidation sites excluding steroid dienone is 1. The van der Waals surface area contributed by atoms with Crippen molar-refractivity contribution in [3.8, 4) is 6.07 Å². The summed E-state index contributed by atoms with van der Waals surface area (Å²) >= 11 is 0.912. The largest absolute Gasteiger partial charge is 0.462 e. The van der Waals surface area contributed by atoms with Crippen molar-refractivity contribution in [1.29, 1.82) is 5.26 Å². The molecule has 1 heterocycles. The highest BCUT2D eigenvalue weighted by Gasteiger charge is 2.16. The van der Waals surface area contributed by atoms with Crippen molar-refractivity contribution in [2.45, 2.75) is 13.5 Å². The summed E-state index contributed by atoms with van der Waals surface area (Å²) < 4.78 is 20.5. The average Bonchev–Trinajstić information content (AvgIpc) is 3.12. The summed E-state index contributed by atoms with van der Waals surface area (Å²) in [5.41, 5.74) is 0.116. The van der Waals surface area contributed by atoms with Crippen LogP contribution in [-0.2, 0) is 16.1 Å². The van der Waals surface area contributed by atoms with Crippen LogP contribution in [0.2, 0.25) is 0 Å². The van der Waals surface area contributed by atoms with Crippen LogP contribution < -0.4 is 20.1 Å². The third-order valence-corrected chi connectivity index (χ3v) is 5.75. The minimum atomic E-state index is -0.733. The second-order valence-corrected chi connectivity index (χ2v) is 7.91. The van der Waals surface area contributed by atoms with Gasteiger partial charge < -0.3 is 10.1 Å². The number of nitrogens with one attached hydrogen (secondary N) is 1. The van der Waals surface area contributed by atoms with Gasteiger partial charge in [0, 0.05) is 17.8 Å². The second-order valence-electron chi connectivity index (χ2n) is 6.88. The molecular formula is C25H20FN3O4S. The minimum Gasteiger partial charge on any atom is -0.462 e. The number of amides is 1. The molecule has 0 spiro atoms. The highest BCUT2D eigenvalue weighted by Crippen LogP contribution is 2.12. The molecular weight excluding hydrogens is 457 g/mol. The van der Waals surface area contributed by atoms with Crippen molar-refractivity contribution in [2.75, 3.05) is 11.9 Å². The number of rotatable bonds is 7.